The average Bonchev–Trinajstić information content (AvgIpc) is 2.42. The number of anilines is 1. The van der Waals surface area contributed by atoms with Crippen molar-refractivity contribution in [1.82, 2.24) is 9.97 Å². The summed E-state index contributed by atoms with van der Waals surface area (Å²) in [6.07, 6.45) is 2.27. The Morgan fingerprint density at radius 1 is 1.25 bits per heavy atom. The molecule has 0 aliphatic heterocycles. The quantitative estimate of drug-likeness (QED) is 0.880. The van der Waals surface area contributed by atoms with Crippen LogP contribution in [-0.2, 0) is 6.42 Å². The van der Waals surface area contributed by atoms with Gasteiger partial charge in [0.05, 0.1) is 6.61 Å². The van der Waals surface area contributed by atoms with Gasteiger partial charge in [0, 0.05) is 12.6 Å². The van der Waals surface area contributed by atoms with Gasteiger partial charge in [0.1, 0.15) is 18.0 Å². The van der Waals surface area contributed by atoms with E-state index in [9.17, 15) is 4.39 Å². The fraction of sp³-hybridized carbons (Fsp3) is 0.333. The smallest absolute Gasteiger partial charge is 0.218 e. The molecule has 1 aromatic heterocycles. The molecule has 2 rings (SSSR count). The third-order valence-corrected chi connectivity index (χ3v) is 2.94. The Hall–Kier alpha value is -2.17. The number of rotatable bonds is 6. The van der Waals surface area contributed by atoms with Crippen molar-refractivity contribution < 1.29 is 9.13 Å². The average molecular weight is 275 g/mol. The molecule has 0 radical (unpaired) electrons. The summed E-state index contributed by atoms with van der Waals surface area (Å²) in [5, 5.41) is 3.21. The molecule has 1 N–H and O–H groups in total. The Morgan fingerprint density at radius 3 is 2.85 bits per heavy atom. The molecule has 0 saturated carbocycles. The van der Waals surface area contributed by atoms with Crippen molar-refractivity contribution in [3.05, 3.63) is 47.5 Å². The zero-order chi connectivity index (χ0) is 14.4. The predicted octanol–water partition coefficient (Wildman–Crippen LogP) is 2.98. The molecule has 2 aromatic rings. The lowest BCUT2D eigenvalue weighted by Gasteiger charge is -2.09. The van der Waals surface area contributed by atoms with Crippen LogP contribution in [0, 0.1) is 12.7 Å². The second kappa shape index (κ2) is 6.84. The number of hydrogen-bond donors (Lipinski definition) is 1. The largest absolute Gasteiger partial charge is 0.478 e. The van der Waals surface area contributed by atoms with Crippen molar-refractivity contribution in [2.45, 2.75) is 20.3 Å². The van der Waals surface area contributed by atoms with Gasteiger partial charge in [0.2, 0.25) is 5.88 Å². The maximum Gasteiger partial charge on any atom is 0.218 e. The lowest BCUT2D eigenvalue weighted by atomic mass is 10.1. The number of halogens is 1. The van der Waals surface area contributed by atoms with E-state index in [2.05, 4.69) is 15.3 Å². The summed E-state index contributed by atoms with van der Waals surface area (Å²) in [7, 11) is 0. The van der Waals surface area contributed by atoms with Gasteiger partial charge >= 0.3 is 0 Å². The first-order valence-electron chi connectivity index (χ1n) is 6.62. The van der Waals surface area contributed by atoms with E-state index >= 15 is 0 Å². The highest BCUT2D eigenvalue weighted by molar-refractivity contribution is 5.37. The summed E-state index contributed by atoms with van der Waals surface area (Å²) in [6, 6.07) is 6.62. The van der Waals surface area contributed by atoms with Crippen LogP contribution in [0.2, 0.25) is 0 Å². The highest BCUT2D eigenvalue weighted by atomic mass is 19.1. The molecule has 1 heterocycles. The number of nitrogens with one attached hydrogen (secondary N) is 1. The molecule has 0 fully saturated rings. The van der Waals surface area contributed by atoms with Gasteiger partial charge < -0.3 is 10.1 Å². The number of ether oxygens (including phenoxy) is 1. The van der Waals surface area contributed by atoms with Crippen LogP contribution in [0.3, 0.4) is 0 Å². The summed E-state index contributed by atoms with van der Waals surface area (Å²) in [6.45, 7) is 5.11. The van der Waals surface area contributed by atoms with E-state index in [1.165, 1.54) is 12.4 Å². The maximum absolute atomic E-state index is 13.0. The number of nitrogens with zero attached hydrogens (tertiary/aromatic N) is 2. The first-order valence-corrected chi connectivity index (χ1v) is 6.62. The summed E-state index contributed by atoms with van der Waals surface area (Å²) >= 11 is 0. The van der Waals surface area contributed by atoms with Crippen LogP contribution in [0.4, 0.5) is 10.2 Å². The minimum Gasteiger partial charge on any atom is -0.478 e. The monoisotopic (exact) mass is 275 g/mol. The van der Waals surface area contributed by atoms with E-state index in [4.69, 9.17) is 4.74 Å². The van der Waals surface area contributed by atoms with E-state index in [1.807, 2.05) is 19.9 Å². The Labute approximate surface area is 118 Å². The van der Waals surface area contributed by atoms with E-state index < -0.39 is 0 Å². The van der Waals surface area contributed by atoms with Gasteiger partial charge in [-0.05, 0) is 43.5 Å². The Bertz CT molecular complexity index is 575. The SMILES string of the molecule is CCOc1cc(NCCc2ccc(F)cc2C)ncn1. The van der Waals surface area contributed by atoms with Crippen molar-refractivity contribution in [3.8, 4) is 5.88 Å². The minimum atomic E-state index is -0.198. The molecule has 0 aliphatic carbocycles. The Kier molecular flexibility index (Phi) is 4.87. The number of benzene rings is 1. The van der Waals surface area contributed by atoms with E-state index in [0.717, 1.165) is 29.9 Å². The van der Waals surface area contributed by atoms with Crippen molar-refractivity contribution in [3.63, 3.8) is 0 Å². The molecular weight excluding hydrogens is 257 g/mol. The molecule has 0 amide bonds. The van der Waals surface area contributed by atoms with Crippen LogP contribution >= 0.6 is 0 Å². The van der Waals surface area contributed by atoms with Crippen molar-refractivity contribution in [1.29, 1.82) is 0 Å². The maximum atomic E-state index is 13.0. The normalized spacial score (nSPS) is 10.3. The highest BCUT2D eigenvalue weighted by Crippen LogP contribution is 2.13. The Morgan fingerprint density at radius 2 is 2.10 bits per heavy atom. The third-order valence-electron chi connectivity index (χ3n) is 2.94. The van der Waals surface area contributed by atoms with Gasteiger partial charge in [0.25, 0.3) is 0 Å². The van der Waals surface area contributed by atoms with Crippen LogP contribution in [0.15, 0.2) is 30.6 Å². The molecule has 0 aliphatic rings. The lowest BCUT2D eigenvalue weighted by molar-refractivity contribution is 0.326. The topological polar surface area (TPSA) is 47.0 Å². The molecule has 5 heteroatoms. The van der Waals surface area contributed by atoms with Crippen LogP contribution in [0.5, 0.6) is 5.88 Å². The summed E-state index contributed by atoms with van der Waals surface area (Å²) in [5.74, 6) is 1.09. The van der Waals surface area contributed by atoms with Gasteiger partial charge in [-0.25, -0.2) is 14.4 Å². The molecule has 106 valence electrons. The molecule has 0 bridgehead atoms. The van der Waals surface area contributed by atoms with Gasteiger partial charge in [-0.15, -0.1) is 0 Å². The van der Waals surface area contributed by atoms with Gasteiger partial charge in [-0.3, -0.25) is 0 Å². The zero-order valence-electron chi connectivity index (χ0n) is 11.7. The molecule has 1 aromatic carbocycles. The van der Waals surface area contributed by atoms with Gasteiger partial charge in [0.15, 0.2) is 0 Å². The zero-order valence-corrected chi connectivity index (χ0v) is 11.7. The second-order valence-electron chi connectivity index (χ2n) is 4.42. The molecule has 4 nitrogen and oxygen atoms in total. The van der Waals surface area contributed by atoms with E-state index in [0.29, 0.717) is 12.5 Å². The molecule has 0 atom stereocenters. The van der Waals surface area contributed by atoms with Gasteiger partial charge in [-0.2, -0.15) is 0 Å². The summed E-state index contributed by atoms with van der Waals surface area (Å²) < 4.78 is 18.3. The number of aromatic nitrogens is 2. The van der Waals surface area contributed by atoms with E-state index in [1.54, 1.807) is 12.1 Å². The molecular formula is C15H18FN3O. The van der Waals surface area contributed by atoms with E-state index in [-0.39, 0.29) is 5.82 Å². The molecule has 0 saturated heterocycles. The minimum absolute atomic E-state index is 0.198. The molecule has 0 unspecified atom stereocenters. The molecule has 0 spiro atoms. The Balaban J connectivity index is 1.90. The van der Waals surface area contributed by atoms with Crippen LogP contribution in [0.25, 0.3) is 0 Å². The standard InChI is InChI=1S/C15H18FN3O/c1-3-20-15-9-14(18-10-19-15)17-7-6-12-4-5-13(16)8-11(12)2/h4-5,8-10H,3,6-7H2,1-2H3,(H,17,18,19). The second-order valence-corrected chi connectivity index (χ2v) is 4.42. The number of hydrogen-bond acceptors (Lipinski definition) is 4. The third kappa shape index (κ3) is 3.91. The fourth-order valence-electron chi connectivity index (χ4n) is 1.93. The fourth-order valence-corrected chi connectivity index (χ4v) is 1.93. The predicted molar refractivity (Wildman–Crippen MR) is 76.5 cm³/mol. The summed E-state index contributed by atoms with van der Waals surface area (Å²) in [4.78, 5) is 8.13. The van der Waals surface area contributed by atoms with Crippen LogP contribution in [-0.4, -0.2) is 23.1 Å². The van der Waals surface area contributed by atoms with Crippen LogP contribution < -0.4 is 10.1 Å². The van der Waals surface area contributed by atoms with Gasteiger partial charge in [-0.1, -0.05) is 6.07 Å². The number of aryl methyl sites for hydroxylation is 1. The highest BCUT2D eigenvalue weighted by Gasteiger charge is 2.02. The van der Waals surface area contributed by atoms with Crippen LogP contribution in [0.1, 0.15) is 18.1 Å². The molecule has 20 heavy (non-hydrogen) atoms. The van der Waals surface area contributed by atoms with Crippen molar-refractivity contribution in [2.24, 2.45) is 0 Å². The first-order chi connectivity index (χ1) is 9.69. The lowest BCUT2D eigenvalue weighted by Crippen LogP contribution is -2.08. The summed E-state index contributed by atoms with van der Waals surface area (Å²) in [5.41, 5.74) is 2.09. The van der Waals surface area contributed by atoms with Crippen molar-refractivity contribution >= 4 is 5.82 Å². The van der Waals surface area contributed by atoms with Crippen molar-refractivity contribution in [2.75, 3.05) is 18.5 Å². The first kappa shape index (κ1) is 14.2.